The minimum absolute atomic E-state index is 0.255. The van der Waals surface area contributed by atoms with Gasteiger partial charge in [0.1, 0.15) is 5.75 Å². The minimum Gasteiger partial charge on any atom is -0.481 e. The molecule has 9 heteroatoms. The van der Waals surface area contributed by atoms with Gasteiger partial charge in [-0.1, -0.05) is 32.9 Å². The lowest BCUT2D eigenvalue weighted by Crippen LogP contribution is -2.34. The first-order valence-corrected chi connectivity index (χ1v) is 12.3. The van der Waals surface area contributed by atoms with Crippen molar-refractivity contribution in [3.05, 3.63) is 54.1 Å². The van der Waals surface area contributed by atoms with Gasteiger partial charge in [0.2, 0.25) is 10.0 Å². The van der Waals surface area contributed by atoms with Crippen LogP contribution < -0.4 is 19.7 Å². The summed E-state index contributed by atoms with van der Waals surface area (Å²) < 4.78 is 30.3. The Bertz CT molecular complexity index is 1040. The van der Waals surface area contributed by atoms with Crippen LogP contribution in [0.2, 0.25) is 0 Å². The number of para-hydroxylation sites is 1. The van der Waals surface area contributed by atoms with Crippen LogP contribution in [0, 0.1) is 5.92 Å². The van der Waals surface area contributed by atoms with E-state index in [-0.39, 0.29) is 11.8 Å². The van der Waals surface area contributed by atoms with Crippen LogP contribution >= 0.6 is 0 Å². The molecule has 1 unspecified atom stereocenters. The maximum atomic E-state index is 12.8. The maximum Gasteiger partial charge on any atom is 0.265 e. The fourth-order valence-electron chi connectivity index (χ4n) is 2.81. The molecule has 8 nitrogen and oxygen atoms in total. The number of anilines is 2. The smallest absolute Gasteiger partial charge is 0.265 e. The second kappa shape index (κ2) is 11.0. The van der Waals surface area contributed by atoms with E-state index in [0.29, 0.717) is 41.6 Å². The van der Waals surface area contributed by atoms with Crippen molar-refractivity contribution < 1.29 is 22.7 Å². The molecule has 2 aromatic rings. The van der Waals surface area contributed by atoms with Gasteiger partial charge in [0.05, 0.1) is 23.2 Å². The standard InChI is InChI=1S/C23H31N3O5S/c1-6-21(31-18-13-11-17(12-14-18)26(4)32(5,29)30)23(28)25-20-10-8-7-9-19(20)22(27)24-15-16(2)3/h7-14,16,21H,6,15H2,1-5H3,(H,24,27)(H,25,28). The van der Waals surface area contributed by atoms with E-state index in [0.717, 1.165) is 10.6 Å². The van der Waals surface area contributed by atoms with Gasteiger partial charge in [-0.05, 0) is 48.7 Å². The first-order chi connectivity index (χ1) is 15.0. The number of hydrogen-bond donors (Lipinski definition) is 2. The van der Waals surface area contributed by atoms with Crippen molar-refractivity contribution in [1.29, 1.82) is 0 Å². The van der Waals surface area contributed by atoms with E-state index >= 15 is 0 Å². The number of carbonyl (C=O) groups is 2. The summed E-state index contributed by atoms with van der Waals surface area (Å²) in [6.45, 7) is 6.36. The van der Waals surface area contributed by atoms with Crippen LogP contribution in [0.5, 0.6) is 5.75 Å². The second-order valence-corrected chi connectivity index (χ2v) is 9.89. The highest BCUT2D eigenvalue weighted by molar-refractivity contribution is 7.92. The third-order valence-corrected chi connectivity index (χ3v) is 5.95. The fourth-order valence-corrected chi connectivity index (χ4v) is 3.31. The summed E-state index contributed by atoms with van der Waals surface area (Å²) in [7, 11) is -1.91. The van der Waals surface area contributed by atoms with Crippen molar-refractivity contribution in [3.63, 3.8) is 0 Å². The van der Waals surface area contributed by atoms with Gasteiger partial charge in [-0.15, -0.1) is 0 Å². The molecule has 0 aliphatic carbocycles. The van der Waals surface area contributed by atoms with Crippen molar-refractivity contribution in [2.45, 2.75) is 33.3 Å². The number of rotatable bonds is 10. The Morgan fingerprint density at radius 1 is 1.06 bits per heavy atom. The Hall–Kier alpha value is -3.07. The molecule has 174 valence electrons. The van der Waals surface area contributed by atoms with Gasteiger partial charge < -0.3 is 15.4 Å². The molecule has 0 spiro atoms. The lowest BCUT2D eigenvalue weighted by molar-refractivity contribution is -0.122. The van der Waals surface area contributed by atoms with Crippen LogP contribution in [0.25, 0.3) is 0 Å². The second-order valence-electron chi connectivity index (χ2n) is 7.88. The number of benzene rings is 2. The maximum absolute atomic E-state index is 12.8. The molecule has 2 N–H and O–H groups in total. The van der Waals surface area contributed by atoms with Gasteiger partial charge >= 0.3 is 0 Å². The van der Waals surface area contributed by atoms with Crippen molar-refractivity contribution in [2.75, 3.05) is 29.5 Å². The molecule has 0 aliphatic rings. The zero-order chi connectivity index (χ0) is 23.9. The summed E-state index contributed by atoms with van der Waals surface area (Å²) >= 11 is 0. The van der Waals surface area contributed by atoms with Crippen LogP contribution in [0.1, 0.15) is 37.6 Å². The number of sulfonamides is 1. The van der Waals surface area contributed by atoms with Crippen LogP contribution in [-0.4, -0.2) is 46.2 Å². The monoisotopic (exact) mass is 461 g/mol. The zero-order valence-electron chi connectivity index (χ0n) is 19.1. The molecule has 2 rings (SSSR count). The third kappa shape index (κ3) is 6.98. The first-order valence-electron chi connectivity index (χ1n) is 10.4. The average Bonchev–Trinajstić information content (AvgIpc) is 2.75. The van der Waals surface area contributed by atoms with Gasteiger partial charge in [0.15, 0.2) is 6.10 Å². The highest BCUT2D eigenvalue weighted by Crippen LogP contribution is 2.22. The Balaban J connectivity index is 2.10. The Kier molecular flexibility index (Phi) is 8.65. The Morgan fingerprint density at radius 2 is 1.69 bits per heavy atom. The topological polar surface area (TPSA) is 105 Å². The highest BCUT2D eigenvalue weighted by Gasteiger charge is 2.21. The number of hydrogen-bond acceptors (Lipinski definition) is 5. The van der Waals surface area contributed by atoms with E-state index in [9.17, 15) is 18.0 Å². The normalized spacial score (nSPS) is 12.2. The van der Waals surface area contributed by atoms with Gasteiger partial charge in [0, 0.05) is 13.6 Å². The van der Waals surface area contributed by atoms with Gasteiger partial charge in [-0.2, -0.15) is 0 Å². The van der Waals surface area contributed by atoms with Gasteiger partial charge in [-0.3, -0.25) is 13.9 Å². The van der Waals surface area contributed by atoms with Gasteiger partial charge in [0.25, 0.3) is 11.8 Å². The molecular weight excluding hydrogens is 430 g/mol. The molecule has 0 saturated heterocycles. The summed E-state index contributed by atoms with van der Waals surface area (Å²) in [6, 6.07) is 13.2. The molecule has 1 atom stereocenters. The summed E-state index contributed by atoms with van der Waals surface area (Å²) in [5.74, 6) is 0.103. The average molecular weight is 462 g/mol. The van der Waals surface area contributed by atoms with Crippen LogP contribution in [0.15, 0.2) is 48.5 Å². The fraction of sp³-hybridized carbons (Fsp3) is 0.391. The molecule has 0 fully saturated rings. The molecule has 0 bridgehead atoms. The Labute approximate surface area is 190 Å². The summed E-state index contributed by atoms with van der Waals surface area (Å²) in [5.41, 5.74) is 1.27. The van der Waals surface area contributed by atoms with E-state index in [2.05, 4.69) is 10.6 Å². The lowest BCUT2D eigenvalue weighted by atomic mass is 10.1. The summed E-state index contributed by atoms with van der Waals surface area (Å²) in [5, 5.41) is 5.64. The lowest BCUT2D eigenvalue weighted by Gasteiger charge is -2.20. The molecule has 2 aromatic carbocycles. The molecule has 0 heterocycles. The number of nitrogens with one attached hydrogen (secondary N) is 2. The van der Waals surface area contributed by atoms with Crippen LogP contribution in [0.4, 0.5) is 11.4 Å². The number of nitrogens with zero attached hydrogens (tertiary/aromatic N) is 1. The van der Waals surface area contributed by atoms with Crippen molar-refractivity contribution in [2.24, 2.45) is 5.92 Å². The van der Waals surface area contributed by atoms with E-state index < -0.39 is 16.1 Å². The van der Waals surface area contributed by atoms with Crippen LogP contribution in [-0.2, 0) is 14.8 Å². The molecule has 0 saturated carbocycles. The van der Waals surface area contributed by atoms with E-state index in [4.69, 9.17) is 4.74 Å². The van der Waals surface area contributed by atoms with E-state index in [1.165, 1.54) is 7.05 Å². The number of carbonyl (C=O) groups excluding carboxylic acids is 2. The molecule has 32 heavy (non-hydrogen) atoms. The van der Waals surface area contributed by atoms with Crippen molar-refractivity contribution in [1.82, 2.24) is 5.32 Å². The summed E-state index contributed by atoms with van der Waals surface area (Å²) in [6.07, 6.45) is 0.731. The molecule has 2 amide bonds. The number of amides is 2. The Morgan fingerprint density at radius 3 is 2.25 bits per heavy atom. The quantitative estimate of drug-likeness (QED) is 0.565. The first kappa shape index (κ1) is 25.2. The molecule has 0 radical (unpaired) electrons. The molecule has 0 aliphatic heterocycles. The van der Waals surface area contributed by atoms with Gasteiger partial charge in [-0.25, -0.2) is 8.42 Å². The predicted octanol–water partition coefficient (Wildman–Crippen LogP) is 3.26. The highest BCUT2D eigenvalue weighted by atomic mass is 32.2. The minimum atomic E-state index is -3.37. The predicted molar refractivity (Wildman–Crippen MR) is 127 cm³/mol. The largest absolute Gasteiger partial charge is 0.481 e. The van der Waals surface area contributed by atoms with Crippen molar-refractivity contribution in [3.8, 4) is 5.75 Å². The molecule has 0 aromatic heterocycles. The summed E-state index contributed by atoms with van der Waals surface area (Å²) in [4.78, 5) is 25.3. The van der Waals surface area contributed by atoms with E-state index in [1.54, 1.807) is 48.5 Å². The van der Waals surface area contributed by atoms with E-state index in [1.807, 2.05) is 20.8 Å². The zero-order valence-corrected chi connectivity index (χ0v) is 19.9. The SMILES string of the molecule is CCC(Oc1ccc(N(C)S(C)(=O)=O)cc1)C(=O)Nc1ccccc1C(=O)NCC(C)C. The molecular formula is C23H31N3O5S. The number of ether oxygens (including phenoxy) is 1. The van der Waals surface area contributed by atoms with Crippen LogP contribution in [0.3, 0.4) is 0 Å². The third-order valence-electron chi connectivity index (χ3n) is 4.74. The van der Waals surface area contributed by atoms with Crippen molar-refractivity contribution >= 4 is 33.2 Å².